The lowest BCUT2D eigenvalue weighted by Crippen LogP contribution is -2.51. The molecule has 0 saturated heterocycles. The summed E-state index contributed by atoms with van der Waals surface area (Å²) in [6.07, 6.45) is -1.55. The number of benzene rings is 1. The van der Waals surface area contributed by atoms with Gasteiger partial charge in [0.1, 0.15) is 35.5 Å². The molecule has 1 aromatic heterocycles. The Morgan fingerprint density at radius 1 is 1.12 bits per heavy atom. The molecule has 2 aromatic rings. The molecule has 4 N–H and O–H groups in total. The van der Waals surface area contributed by atoms with Crippen molar-refractivity contribution in [2.45, 2.75) is 63.6 Å². The average Bonchev–Trinajstić information content (AvgIpc) is 3.20. The van der Waals surface area contributed by atoms with Gasteiger partial charge in [0.2, 0.25) is 0 Å². The van der Waals surface area contributed by atoms with Crippen LogP contribution in [-0.4, -0.2) is 76.4 Å². The number of aliphatic hydroxyl groups excluding tert-OH is 4. The number of aliphatic hydroxyl groups is 4. The fraction of sp³-hybridized carbons (Fsp3) is 0.609. The number of β-amino-alcohol motifs (C(OH)–C–C–N with tert-alkyl or cyclic N) is 1. The van der Waals surface area contributed by atoms with Crippen molar-refractivity contribution < 1.29 is 34.4 Å². The number of fused-ring (bicyclic) bond motifs is 2. The lowest BCUT2D eigenvalue weighted by atomic mass is 10.0. The van der Waals surface area contributed by atoms with Crippen molar-refractivity contribution in [1.29, 1.82) is 0 Å². The summed E-state index contributed by atoms with van der Waals surface area (Å²) in [5, 5.41) is 45.3. The van der Waals surface area contributed by atoms with E-state index in [0.29, 0.717) is 31.2 Å². The predicted octanol–water partition coefficient (Wildman–Crippen LogP) is 1.40. The monoisotopic (exact) mass is 450 g/mol. The zero-order chi connectivity index (χ0) is 22.9. The molecule has 32 heavy (non-hydrogen) atoms. The predicted molar refractivity (Wildman–Crippen MR) is 118 cm³/mol. The zero-order valence-electron chi connectivity index (χ0n) is 18.5. The maximum atomic E-state index is 10.8. The Bertz CT molecular complexity index is 815. The van der Waals surface area contributed by atoms with Crippen LogP contribution in [0.15, 0.2) is 34.9 Å². The van der Waals surface area contributed by atoms with Gasteiger partial charge in [-0.25, -0.2) is 0 Å². The zero-order valence-corrected chi connectivity index (χ0v) is 18.5. The summed E-state index contributed by atoms with van der Waals surface area (Å²) in [5.41, 5.74) is 1.45. The average molecular weight is 451 g/mol. The van der Waals surface area contributed by atoms with Gasteiger partial charge in [0, 0.05) is 31.0 Å². The quantitative estimate of drug-likeness (QED) is 0.546. The molecule has 2 bridgehead atoms. The van der Waals surface area contributed by atoms with Gasteiger partial charge in [-0.15, -0.1) is 0 Å². The Morgan fingerprint density at radius 3 is 2.62 bits per heavy atom. The van der Waals surface area contributed by atoms with Gasteiger partial charge < -0.3 is 39.3 Å². The van der Waals surface area contributed by atoms with Crippen molar-refractivity contribution in [1.82, 2.24) is 5.16 Å². The van der Waals surface area contributed by atoms with Crippen LogP contribution in [0, 0.1) is 6.92 Å². The fourth-order valence-corrected chi connectivity index (χ4v) is 3.78. The molecule has 0 radical (unpaired) electrons. The Kier molecular flexibility index (Phi) is 9.31. The van der Waals surface area contributed by atoms with Crippen molar-refractivity contribution in [3.8, 4) is 5.75 Å². The molecule has 3 rings (SSSR count). The first kappa shape index (κ1) is 24.5. The first-order valence-corrected chi connectivity index (χ1v) is 11.1. The fourth-order valence-electron chi connectivity index (χ4n) is 3.78. The first-order valence-electron chi connectivity index (χ1n) is 11.1. The Balaban J connectivity index is 1.86. The standard InChI is InChI=1S/C23H34N2O7/c1-16-11-17(24-32-16)13-25-14-20(27)22(29)23(21(28)15-26)31-10-5-3-2-4-9-30-19-8-6-7-18(25)12-19/h6-8,11-12,20-23,26-29H,2-5,9-10,13-15H2,1H3/t20-,21-,22-,23-/m1/s1. The van der Waals surface area contributed by atoms with E-state index >= 15 is 0 Å². The number of anilines is 1. The lowest BCUT2D eigenvalue weighted by Gasteiger charge is -2.33. The van der Waals surface area contributed by atoms with Gasteiger partial charge in [-0.05, 0) is 38.3 Å². The van der Waals surface area contributed by atoms with Crippen molar-refractivity contribution >= 4 is 5.69 Å². The van der Waals surface area contributed by atoms with Gasteiger partial charge in [0.15, 0.2) is 0 Å². The van der Waals surface area contributed by atoms with Gasteiger partial charge >= 0.3 is 0 Å². The normalized spacial score (nSPS) is 24.7. The molecule has 9 nitrogen and oxygen atoms in total. The number of rotatable bonds is 4. The third-order valence-corrected chi connectivity index (χ3v) is 5.53. The van der Waals surface area contributed by atoms with E-state index in [1.165, 1.54) is 0 Å². The molecule has 1 aromatic carbocycles. The highest BCUT2D eigenvalue weighted by molar-refractivity contribution is 5.51. The van der Waals surface area contributed by atoms with E-state index in [1.54, 1.807) is 6.92 Å². The summed E-state index contributed by atoms with van der Waals surface area (Å²) in [5.74, 6) is 1.40. The molecule has 0 aliphatic carbocycles. The Labute approximate surface area is 188 Å². The van der Waals surface area contributed by atoms with Crippen LogP contribution in [0.5, 0.6) is 5.75 Å². The molecule has 2 heterocycles. The lowest BCUT2D eigenvalue weighted by molar-refractivity contribution is -0.141. The minimum Gasteiger partial charge on any atom is -0.494 e. The molecule has 178 valence electrons. The van der Waals surface area contributed by atoms with E-state index in [9.17, 15) is 20.4 Å². The summed E-state index contributed by atoms with van der Waals surface area (Å²) in [4.78, 5) is 1.85. The van der Waals surface area contributed by atoms with Crippen LogP contribution >= 0.6 is 0 Å². The van der Waals surface area contributed by atoms with E-state index in [-0.39, 0.29) is 6.54 Å². The Morgan fingerprint density at radius 2 is 1.91 bits per heavy atom. The second-order valence-electron chi connectivity index (χ2n) is 8.21. The summed E-state index contributed by atoms with van der Waals surface area (Å²) in [7, 11) is 0. The van der Waals surface area contributed by atoms with Gasteiger partial charge in [-0.1, -0.05) is 17.6 Å². The van der Waals surface area contributed by atoms with Gasteiger partial charge in [-0.2, -0.15) is 0 Å². The second kappa shape index (κ2) is 12.2. The van der Waals surface area contributed by atoms with Crippen LogP contribution in [0.2, 0.25) is 0 Å². The minimum atomic E-state index is -1.40. The number of nitrogens with zero attached hydrogens (tertiary/aromatic N) is 2. The molecule has 1 aliphatic heterocycles. The Hall–Kier alpha value is -2.17. The third-order valence-electron chi connectivity index (χ3n) is 5.53. The largest absolute Gasteiger partial charge is 0.494 e. The molecule has 1 aliphatic rings. The van der Waals surface area contributed by atoms with E-state index in [2.05, 4.69) is 5.16 Å². The first-order chi connectivity index (χ1) is 15.5. The maximum Gasteiger partial charge on any atom is 0.133 e. The minimum absolute atomic E-state index is 0.0362. The smallest absolute Gasteiger partial charge is 0.133 e. The summed E-state index contributed by atoms with van der Waals surface area (Å²) >= 11 is 0. The summed E-state index contributed by atoms with van der Waals surface area (Å²) < 4.78 is 16.7. The summed E-state index contributed by atoms with van der Waals surface area (Å²) in [6, 6.07) is 9.34. The van der Waals surface area contributed by atoms with E-state index in [0.717, 1.165) is 37.1 Å². The molecular formula is C23H34N2O7. The van der Waals surface area contributed by atoms with Gasteiger partial charge in [-0.3, -0.25) is 0 Å². The molecule has 0 spiro atoms. The van der Waals surface area contributed by atoms with Crippen molar-refractivity contribution in [2.75, 3.05) is 31.3 Å². The molecule has 0 fully saturated rings. The van der Waals surface area contributed by atoms with Gasteiger partial charge in [0.25, 0.3) is 0 Å². The van der Waals surface area contributed by atoms with Crippen LogP contribution in [-0.2, 0) is 11.3 Å². The topological polar surface area (TPSA) is 129 Å². The van der Waals surface area contributed by atoms with Crippen LogP contribution < -0.4 is 9.64 Å². The van der Waals surface area contributed by atoms with E-state index in [4.69, 9.17) is 14.0 Å². The van der Waals surface area contributed by atoms with E-state index < -0.39 is 31.0 Å². The molecule has 4 atom stereocenters. The van der Waals surface area contributed by atoms with Crippen LogP contribution in [0.3, 0.4) is 0 Å². The number of ether oxygens (including phenoxy) is 2. The third kappa shape index (κ3) is 6.91. The van der Waals surface area contributed by atoms with Crippen molar-refractivity contribution in [3.63, 3.8) is 0 Å². The maximum absolute atomic E-state index is 10.8. The summed E-state index contributed by atoms with van der Waals surface area (Å²) in [6.45, 7) is 2.51. The molecule has 0 saturated carbocycles. The van der Waals surface area contributed by atoms with Crippen LogP contribution in [0.4, 0.5) is 5.69 Å². The molecular weight excluding hydrogens is 416 g/mol. The van der Waals surface area contributed by atoms with Gasteiger partial charge in [0.05, 0.1) is 25.9 Å². The van der Waals surface area contributed by atoms with Crippen LogP contribution in [0.1, 0.15) is 37.1 Å². The highest BCUT2D eigenvalue weighted by atomic mass is 16.5. The SMILES string of the molecule is Cc1cc(CN2C[C@@H](O)[C@@H](O)[C@@H]([C@H](O)CO)OCCCCCCOc3cccc2c3)no1. The second-order valence-corrected chi connectivity index (χ2v) is 8.21. The number of aromatic nitrogens is 1. The van der Waals surface area contributed by atoms with Crippen molar-refractivity contribution in [3.05, 3.63) is 41.8 Å². The molecule has 0 amide bonds. The van der Waals surface area contributed by atoms with E-state index in [1.807, 2.05) is 35.2 Å². The molecule has 0 unspecified atom stereocenters. The number of hydrogen-bond acceptors (Lipinski definition) is 9. The number of aryl methyl sites for hydroxylation is 1. The number of hydrogen-bond donors (Lipinski definition) is 4. The molecule has 9 heteroatoms. The highest BCUT2D eigenvalue weighted by Gasteiger charge is 2.34. The van der Waals surface area contributed by atoms with Crippen LogP contribution in [0.25, 0.3) is 0 Å². The highest BCUT2D eigenvalue weighted by Crippen LogP contribution is 2.25. The van der Waals surface area contributed by atoms with Crippen molar-refractivity contribution in [2.24, 2.45) is 0 Å².